The second kappa shape index (κ2) is 5.05. The maximum Gasteiger partial charge on any atom is 0.0651 e. The fourth-order valence-electron chi connectivity index (χ4n) is 3.21. The second-order valence-electron chi connectivity index (χ2n) is 6.10. The van der Waals surface area contributed by atoms with E-state index in [4.69, 9.17) is 4.74 Å². The van der Waals surface area contributed by atoms with Gasteiger partial charge in [0.2, 0.25) is 0 Å². The predicted octanol–water partition coefficient (Wildman–Crippen LogP) is 3.13. The molecule has 2 nitrogen and oxygen atoms in total. The van der Waals surface area contributed by atoms with E-state index in [0.29, 0.717) is 12.0 Å². The zero-order valence-electron chi connectivity index (χ0n) is 10.7. The molecule has 1 aliphatic heterocycles. The van der Waals surface area contributed by atoms with Crippen LogP contribution in [0.3, 0.4) is 0 Å². The molecular weight excluding hydrogens is 200 g/mol. The molecule has 94 valence electrons. The quantitative estimate of drug-likeness (QED) is 0.801. The van der Waals surface area contributed by atoms with Crippen LogP contribution >= 0.6 is 0 Å². The molecule has 1 saturated heterocycles. The molecule has 1 saturated carbocycles. The fourth-order valence-corrected chi connectivity index (χ4v) is 3.21. The first-order chi connectivity index (χ1) is 7.59. The predicted molar refractivity (Wildman–Crippen MR) is 65.3 cm³/mol. The summed E-state index contributed by atoms with van der Waals surface area (Å²) in [6.45, 7) is 5.52. The zero-order chi connectivity index (χ0) is 11.6. The molecule has 16 heavy (non-hydrogen) atoms. The Hall–Kier alpha value is -0.0800. The van der Waals surface area contributed by atoms with Crippen molar-refractivity contribution in [2.45, 2.75) is 70.5 Å². The Morgan fingerprint density at radius 3 is 2.69 bits per heavy atom. The van der Waals surface area contributed by atoms with Crippen molar-refractivity contribution in [2.24, 2.45) is 11.8 Å². The zero-order valence-corrected chi connectivity index (χ0v) is 10.7. The van der Waals surface area contributed by atoms with Crippen LogP contribution < -0.4 is 0 Å². The molecule has 0 aromatic heterocycles. The van der Waals surface area contributed by atoms with Crippen LogP contribution in [0.4, 0.5) is 0 Å². The molecule has 2 fully saturated rings. The second-order valence-corrected chi connectivity index (χ2v) is 6.10. The summed E-state index contributed by atoms with van der Waals surface area (Å²) >= 11 is 0. The van der Waals surface area contributed by atoms with Gasteiger partial charge >= 0.3 is 0 Å². The first kappa shape index (κ1) is 12.4. The van der Waals surface area contributed by atoms with E-state index in [1.54, 1.807) is 0 Å². The van der Waals surface area contributed by atoms with Gasteiger partial charge in [0.15, 0.2) is 0 Å². The molecule has 2 aliphatic rings. The van der Waals surface area contributed by atoms with Gasteiger partial charge in [-0.3, -0.25) is 0 Å². The summed E-state index contributed by atoms with van der Waals surface area (Å²) in [5.74, 6) is 1.45. The van der Waals surface area contributed by atoms with Crippen molar-refractivity contribution in [1.29, 1.82) is 0 Å². The lowest BCUT2D eigenvalue weighted by Crippen LogP contribution is -2.38. The highest BCUT2D eigenvalue weighted by Crippen LogP contribution is 2.39. The van der Waals surface area contributed by atoms with Gasteiger partial charge in [0.25, 0.3) is 0 Å². The van der Waals surface area contributed by atoms with Gasteiger partial charge in [0, 0.05) is 6.61 Å². The molecule has 0 aromatic rings. The van der Waals surface area contributed by atoms with E-state index in [1.807, 2.05) is 0 Å². The van der Waals surface area contributed by atoms with Crippen molar-refractivity contribution < 1.29 is 9.84 Å². The summed E-state index contributed by atoms with van der Waals surface area (Å²) in [5.41, 5.74) is -0.391. The van der Waals surface area contributed by atoms with Gasteiger partial charge in [-0.25, -0.2) is 0 Å². The molecule has 1 heterocycles. The summed E-state index contributed by atoms with van der Waals surface area (Å²) < 4.78 is 5.63. The van der Waals surface area contributed by atoms with Crippen molar-refractivity contribution in [3.8, 4) is 0 Å². The highest BCUT2D eigenvalue weighted by molar-refractivity contribution is 4.88. The minimum atomic E-state index is -0.391. The Morgan fingerprint density at radius 2 is 2.06 bits per heavy atom. The summed E-state index contributed by atoms with van der Waals surface area (Å²) in [5, 5.41) is 10.6. The smallest absolute Gasteiger partial charge is 0.0651 e. The van der Waals surface area contributed by atoms with E-state index in [9.17, 15) is 5.11 Å². The van der Waals surface area contributed by atoms with Crippen molar-refractivity contribution in [3.05, 3.63) is 0 Å². The lowest BCUT2D eigenvalue weighted by molar-refractivity contribution is -0.0451. The van der Waals surface area contributed by atoms with E-state index in [1.165, 1.54) is 19.3 Å². The van der Waals surface area contributed by atoms with Gasteiger partial charge in [-0.1, -0.05) is 13.8 Å². The molecule has 4 atom stereocenters. The molecule has 2 rings (SSSR count). The van der Waals surface area contributed by atoms with Gasteiger partial charge in [0.1, 0.15) is 0 Å². The molecule has 1 aliphatic carbocycles. The third kappa shape index (κ3) is 2.98. The summed E-state index contributed by atoms with van der Waals surface area (Å²) in [6.07, 6.45) is 7.99. The third-order valence-corrected chi connectivity index (χ3v) is 4.69. The number of aliphatic hydroxyl groups is 1. The van der Waals surface area contributed by atoms with Gasteiger partial charge in [0.05, 0.1) is 11.7 Å². The minimum absolute atomic E-state index is 0.391. The van der Waals surface area contributed by atoms with E-state index >= 15 is 0 Å². The molecule has 1 N–H and O–H groups in total. The van der Waals surface area contributed by atoms with Crippen LogP contribution in [0, 0.1) is 11.8 Å². The number of hydrogen-bond acceptors (Lipinski definition) is 2. The van der Waals surface area contributed by atoms with Crippen LogP contribution in [0.5, 0.6) is 0 Å². The summed E-state index contributed by atoms with van der Waals surface area (Å²) in [7, 11) is 0. The Kier molecular flexibility index (Phi) is 3.91. The standard InChI is InChI=1S/C14H26O2/c1-11-5-7-14(15,10-12(11)2)8-6-13-4-3-9-16-13/h11-13,15H,3-10H2,1-2H3. The maximum absolute atomic E-state index is 10.6. The van der Waals surface area contributed by atoms with Crippen LogP contribution in [-0.4, -0.2) is 23.4 Å². The van der Waals surface area contributed by atoms with Crippen molar-refractivity contribution in [3.63, 3.8) is 0 Å². The van der Waals surface area contributed by atoms with Crippen LogP contribution in [0.1, 0.15) is 58.8 Å². The molecule has 0 radical (unpaired) electrons. The van der Waals surface area contributed by atoms with E-state index in [-0.39, 0.29) is 0 Å². The largest absolute Gasteiger partial charge is 0.390 e. The molecule has 0 amide bonds. The first-order valence-electron chi connectivity index (χ1n) is 6.93. The molecule has 4 unspecified atom stereocenters. The molecule has 0 spiro atoms. The van der Waals surface area contributed by atoms with Crippen LogP contribution in [0.25, 0.3) is 0 Å². The van der Waals surface area contributed by atoms with Crippen LogP contribution in [0.2, 0.25) is 0 Å². The number of rotatable bonds is 3. The Balaban J connectivity index is 1.78. The van der Waals surface area contributed by atoms with Crippen LogP contribution in [0.15, 0.2) is 0 Å². The molecule has 2 heteroatoms. The number of hydrogen-bond donors (Lipinski definition) is 1. The van der Waals surface area contributed by atoms with Gasteiger partial charge < -0.3 is 9.84 Å². The third-order valence-electron chi connectivity index (χ3n) is 4.69. The lowest BCUT2D eigenvalue weighted by atomic mass is 9.71. The van der Waals surface area contributed by atoms with Crippen molar-refractivity contribution in [1.82, 2.24) is 0 Å². The van der Waals surface area contributed by atoms with Gasteiger partial charge in [-0.05, 0) is 56.8 Å². The topological polar surface area (TPSA) is 29.5 Å². The highest BCUT2D eigenvalue weighted by Gasteiger charge is 2.36. The molecule has 0 bridgehead atoms. The van der Waals surface area contributed by atoms with Crippen LogP contribution in [-0.2, 0) is 4.74 Å². The Bertz CT molecular complexity index is 223. The van der Waals surface area contributed by atoms with E-state index < -0.39 is 5.60 Å². The SMILES string of the molecule is CC1CCC(O)(CCC2CCCO2)CC1C. The first-order valence-corrected chi connectivity index (χ1v) is 6.93. The minimum Gasteiger partial charge on any atom is -0.390 e. The van der Waals surface area contributed by atoms with Crippen molar-refractivity contribution >= 4 is 0 Å². The van der Waals surface area contributed by atoms with Gasteiger partial charge in [-0.2, -0.15) is 0 Å². The lowest BCUT2D eigenvalue weighted by Gasteiger charge is -2.39. The average molecular weight is 226 g/mol. The van der Waals surface area contributed by atoms with E-state index in [2.05, 4.69) is 13.8 Å². The Morgan fingerprint density at radius 1 is 1.25 bits per heavy atom. The maximum atomic E-state index is 10.6. The molecule has 0 aromatic carbocycles. The fraction of sp³-hybridized carbons (Fsp3) is 1.00. The van der Waals surface area contributed by atoms with Gasteiger partial charge in [-0.15, -0.1) is 0 Å². The van der Waals surface area contributed by atoms with E-state index in [0.717, 1.165) is 38.2 Å². The summed E-state index contributed by atoms with van der Waals surface area (Å²) in [6, 6.07) is 0. The average Bonchev–Trinajstić information content (AvgIpc) is 2.75. The van der Waals surface area contributed by atoms with Crippen molar-refractivity contribution in [2.75, 3.05) is 6.61 Å². The monoisotopic (exact) mass is 226 g/mol. The highest BCUT2D eigenvalue weighted by atomic mass is 16.5. The number of ether oxygens (including phenoxy) is 1. The summed E-state index contributed by atoms with van der Waals surface area (Å²) in [4.78, 5) is 0. The Labute approximate surface area is 99.4 Å². The molecular formula is C14H26O2. The normalized spacial score (nSPS) is 44.8.